The van der Waals surface area contributed by atoms with Crippen molar-refractivity contribution in [3.05, 3.63) is 23.8 Å². The van der Waals surface area contributed by atoms with Crippen LogP contribution in [-0.2, 0) is 15.2 Å². The van der Waals surface area contributed by atoms with E-state index in [-0.39, 0.29) is 17.1 Å². The Morgan fingerprint density at radius 1 is 1.11 bits per heavy atom. The summed E-state index contributed by atoms with van der Waals surface area (Å²) in [6.45, 7) is 0. The Balaban J connectivity index is 3.64. The molecule has 1 aromatic carbocycles. The minimum absolute atomic E-state index is 0.0643. The van der Waals surface area contributed by atoms with Crippen molar-refractivity contribution >= 4 is 11.8 Å². The Morgan fingerprint density at radius 3 is 1.78 bits per heavy atom. The second-order valence-corrected chi connectivity index (χ2v) is 3.48. The topological polar surface area (TPSA) is 125 Å². The zero-order valence-corrected chi connectivity index (χ0v) is 9.97. The van der Waals surface area contributed by atoms with Gasteiger partial charge in [0.25, 0.3) is 17.4 Å². The minimum atomic E-state index is -2.70. The molecule has 7 nitrogen and oxygen atoms in total. The van der Waals surface area contributed by atoms with E-state index in [2.05, 4.69) is 0 Å². The summed E-state index contributed by atoms with van der Waals surface area (Å²) in [4.78, 5) is 22.7. The van der Waals surface area contributed by atoms with Gasteiger partial charge in [0.15, 0.2) is 0 Å². The van der Waals surface area contributed by atoms with Crippen molar-refractivity contribution in [1.29, 1.82) is 0 Å². The molecule has 5 N–H and O–H groups in total. The summed E-state index contributed by atoms with van der Waals surface area (Å²) in [7, 11) is 2.61. The Bertz CT molecular complexity index is 450. The Hall–Kier alpha value is -2.28. The molecule has 0 saturated heterocycles. The summed E-state index contributed by atoms with van der Waals surface area (Å²) in [6.07, 6.45) is 0. The number of primary amides is 2. The average Bonchev–Trinajstić information content (AvgIpc) is 2.36. The maximum atomic E-state index is 11.4. The molecule has 0 saturated carbocycles. The van der Waals surface area contributed by atoms with E-state index in [1.165, 1.54) is 26.4 Å². The van der Waals surface area contributed by atoms with Crippen LogP contribution in [0.2, 0.25) is 0 Å². The van der Waals surface area contributed by atoms with Gasteiger partial charge in [0, 0.05) is 0 Å². The Kier molecular flexibility index (Phi) is 3.77. The number of methoxy groups -OCH3 is 2. The van der Waals surface area contributed by atoms with Crippen molar-refractivity contribution in [1.82, 2.24) is 0 Å². The largest absolute Gasteiger partial charge is 0.496 e. The van der Waals surface area contributed by atoms with E-state index in [1.807, 2.05) is 0 Å². The van der Waals surface area contributed by atoms with Crippen LogP contribution in [0, 0.1) is 0 Å². The summed E-state index contributed by atoms with van der Waals surface area (Å²) in [5, 5.41) is 10.2. The van der Waals surface area contributed by atoms with E-state index in [1.54, 1.807) is 6.07 Å². The Morgan fingerprint density at radius 2 is 1.50 bits per heavy atom. The minimum Gasteiger partial charge on any atom is -0.496 e. The normalized spacial score (nSPS) is 10.8. The molecule has 0 bridgehead atoms. The van der Waals surface area contributed by atoms with Crippen molar-refractivity contribution in [3.63, 3.8) is 0 Å². The maximum Gasteiger partial charge on any atom is 0.264 e. The van der Waals surface area contributed by atoms with E-state index in [4.69, 9.17) is 20.9 Å². The highest BCUT2D eigenvalue weighted by Crippen LogP contribution is 2.37. The second-order valence-electron chi connectivity index (χ2n) is 3.48. The third kappa shape index (κ3) is 1.95. The first-order chi connectivity index (χ1) is 8.39. The smallest absolute Gasteiger partial charge is 0.264 e. The zero-order chi connectivity index (χ0) is 13.9. The molecule has 1 aromatic rings. The number of nitrogens with two attached hydrogens (primary N) is 2. The van der Waals surface area contributed by atoms with Crippen LogP contribution >= 0.6 is 0 Å². The molecule has 0 fully saturated rings. The summed E-state index contributed by atoms with van der Waals surface area (Å²) in [5.74, 6) is -2.49. The first-order valence-corrected chi connectivity index (χ1v) is 4.93. The molecule has 98 valence electrons. The van der Waals surface area contributed by atoms with Gasteiger partial charge in [-0.1, -0.05) is 6.07 Å². The van der Waals surface area contributed by atoms with Gasteiger partial charge >= 0.3 is 0 Å². The molecule has 0 unspecified atom stereocenters. The number of carbonyl (C=O) groups is 2. The van der Waals surface area contributed by atoms with Crippen molar-refractivity contribution in [2.75, 3.05) is 14.2 Å². The highest BCUT2D eigenvalue weighted by Gasteiger charge is 2.47. The third-order valence-corrected chi connectivity index (χ3v) is 2.50. The Labute approximate surface area is 103 Å². The van der Waals surface area contributed by atoms with Gasteiger partial charge in [-0.05, 0) is 12.1 Å². The zero-order valence-electron chi connectivity index (χ0n) is 9.97. The van der Waals surface area contributed by atoms with Crippen LogP contribution < -0.4 is 20.9 Å². The molecule has 0 aliphatic rings. The SMILES string of the molecule is COc1cccc(OC)c1C(O)(C(N)=O)C(N)=O. The second kappa shape index (κ2) is 4.92. The quantitative estimate of drug-likeness (QED) is 0.573. The lowest BCUT2D eigenvalue weighted by molar-refractivity contribution is -0.151. The van der Waals surface area contributed by atoms with Crippen molar-refractivity contribution < 1.29 is 24.2 Å². The summed E-state index contributed by atoms with van der Waals surface area (Å²) >= 11 is 0. The molecule has 0 aliphatic heterocycles. The van der Waals surface area contributed by atoms with Crippen LogP contribution in [0.15, 0.2) is 18.2 Å². The molecule has 18 heavy (non-hydrogen) atoms. The molecule has 1 rings (SSSR count). The molecular weight excluding hydrogens is 240 g/mol. The first-order valence-electron chi connectivity index (χ1n) is 4.93. The lowest BCUT2D eigenvalue weighted by Gasteiger charge is -2.25. The number of amides is 2. The number of benzene rings is 1. The molecule has 0 atom stereocenters. The van der Waals surface area contributed by atoms with Gasteiger partial charge < -0.3 is 26.0 Å². The van der Waals surface area contributed by atoms with Crippen LogP contribution in [0.25, 0.3) is 0 Å². The van der Waals surface area contributed by atoms with E-state index in [0.717, 1.165) is 0 Å². The monoisotopic (exact) mass is 254 g/mol. The predicted molar refractivity (Wildman–Crippen MR) is 61.8 cm³/mol. The van der Waals surface area contributed by atoms with Crippen LogP contribution in [0.4, 0.5) is 0 Å². The van der Waals surface area contributed by atoms with Gasteiger partial charge in [-0.2, -0.15) is 0 Å². The van der Waals surface area contributed by atoms with Gasteiger partial charge in [-0.3, -0.25) is 9.59 Å². The van der Waals surface area contributed by atoms with E-state index >= 15 is 0 Å². The molecule has 2 amide bonds. The molecule has 0 spiro atoms. The molecule has 0 radical (unpaired) electrons. The predicted octanol–water partition coefficient (Wildman–Crippen LogP) is -1.14. The highest BCUT2D eigenvalue weighted by atomic mass is 16.5. The molecule has 0 aliphatic carbocycles. The van der Waals surface area contributed by atoms with Crippen molar-refractivity contribution in [2.24, 2.45) is 11.5 Å². The van der Waals surface area contributed by atoms with E-state index in [0.29, 0.717) is 0 Å². The summed E-state index contributed by atoms with van der Waals surface area (Å²) < 4.78 is 9.96. The standard InChI is InChI=1S/C11H14N2O5/c1-17-6-4-3-5-7(18-2)8(6)11(16,9(12)14)10(13)15/h3-5,16H,1-2H3,(H2,12,14)(H2,13,15). The van der Waals surface area contributed by atoms with Crippen LogP contribution in [0.1, 0.15) is 5.56 Å². The van der Waals surface area contributed by atoms with Gasteiger partial charge in [0.05, 0.1) is 19.8 Å². The summed E-state index contributed by atoms with van der Waals surface area (Å²) in [6, 6.07) is 4.44. The fraction of sp³-hybridized carbons (Fsp3) is 0.273. The van der Waals surface area contributed by atoms with Gasteiger partial charge in [-0.25, -0.2) is 0 Å². The molecule has 0 heterocycles. The first kappa shape index (κ1) is 13.8. The average molecular weight is 254 g/mol. The highest BCUT2D eigenvalue weighted by molar-refractivity contribution is 6.08. The number of ether oxygens (including phenoxy) is 2. The maximum absolute atomic E-state index is 11.4. The number of carbonyl (C=O) groups excluding carboxylic acids is 2. The fourth-order valence-corrected chi connectivity index (χ4v) is 1.58. The third-order valence-electron chi connectivity index (χ3n) is 2.50. The lowest BCUT2D eigenvalue weighted by atomic mass is 9.90. The number of hydrogen-bond acceptors (Lipinski definition) is 5. The summed E-state index contributed by atoms with van der Waals surface area (Å²) in [5.41, 5.74) is 7.19. The van der Waals surface area contributed by atoms with E-state index in [9.17, 15) is 14.7 Å². The van der Waals surface area contributed by atoms with E-state index < -0.39 is 17.4 Å². The molecule has 7 heteroatoms. The number of hydrogen-bond donors (Lipinski definition) is 3. The molecule has 0 aromatic heterocycles. The van der Waals surface area contributed by atoms with Crippen LogP contribution in [0.5, 0.6) is 11.5 Å². The lowest BCUT2D eigenvalue weighted by Crippen LogP contribution is -2.51. The van der Waals surface area contributed by atoms with Crippen molar-refractivity contribution in [3.8, 4) is 11.5 Å². The fourth-order valence-electron chi connectivity index (χ4n) is 1.58. The van der Waals surface area contributed by atoms with Gasteiger partial charge in [0.1, 0.15) is 11.5 Å². The molecular formula is C11H14N2O5. The van der Waals surface area contributed by atoms with Crippen LogP contribution in [0.3, 0.4) is 0 Å². The van der Waals surface area contributed by atoms with Gasteiger partial charge in [0.2, 0.25) is 0 Å². The van der Waals surface area contributed by atoms with Gasteiger partial charge in [-0.15, -0.1) is 0 Å². The van der Waals surface area contributed by atoms with Crippen LogP contribution in [-0.4, -0.2) is 31.1 Å². The number of rotatable bonds is 5. The number of aliphatic hydroxyl groups is 1. The van der Waals surface area contributed by atoms with Crippen molar-refractivity contribution in [2.45, 2.75) is 5.60 Å².